The van der Waals surface area contributed by atoms with Crippen molar-refractivity contribution < 1.29 is 5.11 Å². The second kappa shape index (κ2) is 4.71. The van der Waals surface area contributed by atoms with Gasteiger partial charge < -0.3 is 10.4 Å². The summed E-state index contributed by atoms with van der Waals surface area (Å²) in [5.74, 6) is 0. The number of nitrogens with one attached hydrogen (secondary N) is 1. The minimum absolute atomic E-state index is 0.0136. The van der Waals surface area contributed by atoms with Crippen LogP contribution in [-0.4, -0.2) is 17.3 Å². The number of rotatable bonds is 3. The van der Waals surface area contributed by atoms with Gasteiger partial charge in [0.25, 0.3) is 0 Å². The van der Waals surface area contributed by atoms with E-state index in [1.165, 1.54) is 5.56 Å². The molecule has 1 aliphatic rings. The second-order valence-electron chi connectivity index (χ2n) is 5.57. The number of aliphatic hydroxyl groups is 1. The smallest absolute Gasteiger partial charge is 0.0621 e. The molecule has 0 aliphatic heterocycles. The fourth-order valence-corrected chi connectivity index (χ4v) is 2.78. The molecule has 1 saturated carbocycles. The van der Waals surface area contributed by atoms with E-state index in [1.807, 2.05) is 6.07 Å². The molecule has 1 aliphatic carbocycles. The SMILES string of the molecule is C[C@H](NC1CC(O)C1(C)C)c1cccc(Br)c1. The molecule has 94 valence electrons. The van der Waals surface area contributed by atoms with Crippen molar-refractivity contribution >= 4 is 15.9 Å². The lowest BCUT2D eigenvalue weighted by molar-refractivity contribution is -0.0754. The Hall–Kier alpha value is -0.380. The summed E-state index contributed by atoms with van der Waals surface area (Å²) in [5.41, 5.74) is 1.26. The average Bonchev–Trinajstić information content (AvgIpc) is 2.28. The van der Waals surface area contributed by atoms with Gasteiger partial charge in [0.2, 0.25) is 0 Å². The van der Waals surface area contributed by atoms with E-state index in [2.05, 4.69) is 60.2 Å². The van der Waals surface area contributed by atoms with E-state index in [0.29, 0.717) is 12.1 Å². The normalized spacial score (nSPS) is 28.5. The molecule has 2 N–H and O–H groups in total. The molecule has 0 heterocycles. The molecule has 0 aromatic heterocycles. The Kier molecular flexibility index (Phi) is 3.62. The minimum atomic E-state index is -0.172. The first-order valence-corrected chi connectivity index (χ1v) is 6.90. The van der Waals surface area contributed by atoms with Crippen molar-refractivity contribution in [3.8, 4) is 0 Å². The Labute approximate surface area is 112 Å². The molecular formula is C14H20BrNO. The molecule has 0 bridgehead atoms. The Morgan fingerprint density at radius 2 is 2.18 bits per heavy atom. The lowest BCUT2D eigenvalue weighted by Crippen LogP contribution is -2.60. The Bertz CT molecular complexity index is 405. The number of aliphatic hydroxyl groups excluding tert-OH is 1. The van der Waals surface area contributed by atoms with Gasteiger partial charge in [0, 0.05) is 22.0 Å². The van der Waals surface area contributed by atoms with E-state index >= 15 is 0 Å². The van der Waals surface area contributed by atoms with Crippen LogP contribution in [0.5, 0.6) is 0 Å². The van der Waals surface area contributed by atoms with E-state index in [4.69, 9.17) is 0 Å². The van der Waals surface area contributed by atoms with Crippen molar-refractivity contribution in [1.82, 2.24) is 5.32 Å². The molecule has 1 aromatic carbocycles. The number of benzene rings is 1. The van der Waals surface area contributed by atoms with E-state index in [1.54, 1.807) is 0 Å². The van der Waals surface area contributed by atoms with Gasteiger partial charge in [0.05, 0.1) is 6.10 Å². The molecule has 0 saturated heterocycles. The molecule has 0 spiro atoms. The highest BCUT2D eigenvalue weighted by atomic mass is 79.9. The number of halogens is 1. The maximum atomic E-state index is 9.73. The van der Waals surface area contributed by atoms with Crippen molar-refractivity contribution in [3.05, 3.63) is 34.3 Å². The summed E-state index contributed by atoms with van der Waals surface area (Å²) in [7, 11) is 0. The summed E-state index contributed by atoms with van der Waals surface area (Å²) in [6.45, 7) is 6.40. The van der Waals surface area contributed by atoms with Crippen LogP contribution in [-0.2, 0) is 0 Å². The molecule has 3 atom stereocenters. The van der Waals surface area contributed by atoms with Crippen LogP contribution in [0.1, 0.15) is 38.8 Å². The van der Waals surface area contributed by atoms with Crippen LogP contribution in [0, 0.1) is 5.41 Å². The summed E-state index contributed by atoms with van der Waals surface area (Å²) in [6, 6.07) is 9.06. The van der Waals surface area contributed by atoms with Gasteiger partial charge in [-0.05, 0) is 31.0 Å². The zero-order valence-corrected chi connectivity index (χ0v) is 12.2. The second-order valence-corrected chi connectivity index (χ2v) is 6.48. The van der Waals surface area contributed by atoms with Crippen molar-refractivity contribution in [3.63, 3.8) is 0 Å². The molecule has 2 unspecified atom stereocenters. The quantitative estimate of drug-likeness (QED) is 0.897. The van der Waals surface area contributed by atoms with Gasteiger partial charge in [-0.15, -0.1) is 0 Å². The summed E-state index contributed by atoms with van der Waals surface area (Å²) in [5, 5.41) is 13.3. The Balaban J connectivity index is 2.01. The number of hydrogen-bond acceptors (Lipinski definition) is 2. The predicted octanol–water partition coefficient (Wildman–Crippen LogP) is 3.26. The monoisotopic (exact) mass is 297 g/mol. The van der Waals surface area contributed by atoms with Gasteiger partial charge in [0.1, 0.15) is 0 Å². The maximum Gasteiger partial charge on any atom is 0.0621 e. The van der Waals surface area contributed by atoms with E-state index in [0.717, 1.165) is 10.9 Å². The summed E-state index contributed by atoms with van der Waals surface area (Å²) < 4.78 is 1.11. The van der Waals surface area contributed by atoms with Crippen LogP contribution in [0.15, 0.2) is 28.7 Å². The Morgan fingerprint density at radius 1 is 1.47 bits per heavy atom. The van der Waals surface area contributed by atoms with E-state index in [9.17, 15) is 5.11 Å². The zero-order valence-electron chi connectivity index (χ0n) is 10.6. The van der Waals surface area contributed by atoms with Gasteiger partial charge in [-0.3, -0.25) is 0 Å². The summed E-state index contributed by atoms with van der Waals surface area (Å²) >= 11 is 3.49. The van der Waals surface area contributed by atoms with Crippen LogP contribution >= 0.6 is 15.9 Å². The number of hydrogen-bond donors (Lipinski definition) is 2. The first kappa shape index (κ1) is 13.1. The lowest BCUT2D eigenvalue weighted by atomic mass is 9.64. The summed E-state index contributed by atoms with van der Waals surface area (Å²) in [4.78, 5) is 0. The average molecular weight is 298 g/mol. The topological polar surface area (TPSA) is 32.3 Å². The standard InChI is InChI=1S/C14H20BrNO/c1-9(10-5-4-6-11(15)7-10)16-12-8-13(17)14(12,2)3/h4-7,9,12-13,16-17H,8H2,1-3H3/t9-,12?,13?/m0/s1. The van der Waals surface area contributed by atoms with Crippen LogP contribution in [0.2, 0.25) is 0 Å². The molecule has 2 nitrogen and oxygen atoms in total. The van der Waals surface area contributed by atoms with Gasteiger partial charge in [-0.1, -0.05) is 41.9 Å². The molecule has 0 amide bonds. The summed E-state index contributed by atoms with van der Waals surface area (Å²) in [6.07, 6.45) is 0.681. The van der Waals surface area contributed by atoms with Gasteiger partial charge >= 0.3 is 0 Å². The predicted molar refractivity (Wildman–Crippen MR) is 73.9 cm³/mol. The molecule has 1 aromatic rings. The van der Waals surface area contributed by atoms with E-state index in [-0.39, 0.29) is 11.5 Å². The fraction of sp³-hybridized carbons (Fsp3) is 0.571. The van der Waals surface area contributed by atoms with E-state index < -0.39 is 0 Å². The molecule has 2 rings (SSSR count). The molecule has 3 heteroatoms. The Morgan fingerprint density at radius 3 is 2.71 bits per heavy atom. The largest absolute Gasteiger partial charge is 0.392 e. The highest BCUT2D eigenvalue weighted by molar-refractivity contribution is 9.10. The first-order valence-electron chi connectivity index (χ1n) is 6.11. The van der Waals surface area contributed by atoms with Crippen molar-refractivity contribution in [2.75, 3.05) is 0 Å². The highest BCUT2D eigenvalue weighted by Gasteiger charge is 2.47. The molecule has 0 radical (unpaired) electrons. The molecule has 1 fully saturated rings. The highest BCUT2D eigenvalue weighted by Crippen LogP contribution is 2.41. The molecule has 17 heavy (non-hydrogen) atoms. The van der Waals surface area contributed by atoms with Gasteiger partial charge in [0.15, 0.2) is 0 Å². The van der Waals surface area contributed by atoms with Crippen LogP contribution in [0.4, 0.5) is 0 Å². The van der Waals surface area contributed by atoms with Crippen LogP contribution in [0.25, 0.3) is 0 Å². The molecular weight excluding hydrogens is 278 g/mol. The third-order valence-electron chi connectivity index (χ3n) is 4.02. The van der Waals surface area contributed by atoms with Crippen LogP contribution < -0.4 is 5.32 Å². The van der Waals surface area contributed by atoms with Crippen molar-refractivity contribution in [2.24, 2.45) is 5.41 Å². The van der Waals surface area contributed by atoms with Gasteiger partial charge in [-0.25, -0.2) is 0 Å². The van der Waals surface area contributed by atoms with Crippen molar-refractivity contribution in [1.29, 1.82) is 0 Å². The van der Waals surface area contributed by atoms with Crippen LogP contribution in [0.3, 0.4) is 0 Å². The third kappa shape index (κ3) is 2.56. The zero-order chi connectivity index (χ0) is 12.6. The van der Waals surface area contributed by atoms with Gasteiger partial charge in [-0.2, -0.15) is 0 Å². The lowest BCUT2D eigenvalue weighted by Gasteiger charge is -2.50. The maximum absolute atomic E-state index is 9.73. The minimum Gasteiger partial charge on any atom is -0.392 e. The van der Waals surface area contributed by atoms with Crippen molar-refractivity contribution in [2.45, 2.75) is 45.4 Å². The fourth-order valence-electron chi connectivity index (χ4n) is 2.36. The third-order valence-corrected chi connectivity index (χ3v) is 4.51. The first-order chi connectivity index (χ1) is 7.91.